The van der Waals surface area contributed by atoms with Crippen molar-refractivity contribution in [1.82, 2.24) is 14.7 Å². The van der Waals surface area contributed by atoms with Gasteiger partial charge in [0.25, 0.3) is 5.91 Å². The molecule has 0 saturated heterocycles. The molecule has 0 aliphatic carbocycles. The van der Waals surface area contributed by atoms with Crippen LogP contribution in [0.4, 0.5) is 10.5 Å². The normalized spacial score (nSPS) is 11.3. The minimum Gasteiger partial charge on any atom is -0.351 e. The number of fused-ring (bicyclic) bond motifs is 1. The zero-order chi connectivity index (χ0) is 19.6. The van der Waals surface area contributed by atoms with Gasteiger partial charge in [0.15, 0.2) is 5.69 Å². The van der Waals surface area contributed by atoms with E-state index in [1.54, 1.807) is 48.7 Å². The van der Waals surface area contributed by atoms with Gasteiger partial charge in [-0.1, -0.05) is 18.2 Å². The molecule has 2 aromatic heterocycles. The summed E-state index contributed by atoms with van der Waals surface area (Å²) in [6.45, 7) is 0.204. The quantitative estimate of drug-likeness (QED) is 0.603. The van der Waals surface area contributed by atoms with Crippen molar-refractivity contribution in [1.29, 1.82) is 0 Å². The van der Waals surface area contributed by atoms with Crippen LogP contribution in [0.2, 0.25) is 0 Å². The average molecular weight is 387 g/mol. The van der Waals surface area contributed by atoms with Crippen molar-refractivity contribution < 1.29 is 18.0 Å². The number of nitrogens with zero attached hydrogens (tertiary/aromatic N) is 2. The number of hydrogen-bond acceptors (Lipinski definition) is 5. The van der Waals surface area contributed by atoms with Crippen molar-refractivity contribution in [3.8, 4) is 0 Å². The van der Waals surface area contributed by atoms with Gasteiger partial charge in [0.1, 0.15) is 0 Å². The van der Waals surface area contributed by atoms with Gasteiger partial charge in [0, 0.05) is 24.7 Å². The summed E-state index contributed by atoms with van der Waals surface area (Å²) in [4.78, 5) is 27.4. The first-order valence-electron chi connectivity index (χ1n) is 7.86. The largest absolute Gasteiger partial charge is 0.351 e. The third kappa shape index (κ3) is 4.06. The maximum absolute atomic E-state index is 12.5. The number of anilines is 1. The fourth-order valence-electron chi connectivity index (χ4n) is 2.55. The van der Waals surface area contributed by atoms with Crippen LogP contribution >= 0.6 is 0 Å². The summed E-state index contributed by atoms with van der Waals surface area (Å²) < 4.78 is 25.2. The topological polar surface area (TPSA) is 136 Å². The fraction of sp³-hybridized carbons (Fsp3) is 0.118. The number of aromatic nitrogens is 2. The summed E-state index contributed by atoms with van der Waals surface area (Å²) in [5.41, 5.74) is 6.79. The standard InChI is InChI=1S/C17H17N5O4S/c1-27(25,26)17-21-14(13-4-2-3-9-22(13)17)15(23)19-10-11-5-7-12(8-6-11)20-16(18)24/h2-9H,10H2,1H3,(H,19,23)(H3,18,20,24). The highest BCUT2D eigenvalue weighted by Gasteiger charge is 2.22. The predicted octanol–water partition coefficient (Wildman–Crippen LogP) is 1.16. The highest BCUT2D eigenvalue weighted by molar-refractivity contribution is 7.90. The van der Waals surface area contributed by atoms with Crippen LogP contribution in [0, 0.1) is 0 Å². The molecule has 140 valence electrons. The Labute approximate surface area is 155 Å². The maximum Gasteiger partial charge on any atom is 0.316 e. The number of urea groups is 1. The second kappa shape index (κ2) is 7.08. The van der Waals surface area contributed by atoms with Gasteiger partial charge in [-0.3, -0.25) is 9.20 Å². The van der Waals surface area contributed by atoms with E-state index in [1.807, 2.05) is 0 Å². The molecule has 3 rings (SSSR count). The Kier molecular flexibility index (Phi) is 4.82. The van der Waals surface area contributed by atoms with Crippen LogP contribution in [-0.2, 0) is 16.4 Å². The molecule has 3 amide bonds. The van der Waals surface area contributed by atoms with E-state index in [-0.39, 0.29) is 17.4 Å². The van der Waals surface area contributed by atoms with Gasteiger partial charge in [0.05, 0.1) is 5.52 Å². The maximum atomic E-state index is 12.5. The second-order valence-corrected chi connectivity index (χ2v) is 7.75. The predicted molar refractivity (Wildman–Crippen MR) is 99.1 cm³/mol. The number of imidazole rings is 1. The second-order valence-electron chi connectivity index (χ2n) is 5.84. The lowest BCUT2D eigenvalue weighted by Gasteiger charge is -2.06. The summed E-state index contributed by atoms with van der Waals surface area (Å²) in [5.74, 6) is -0.493. The molecule has 0 saturated carbocycles. The molecule has 0 bridgehead atoms. The van der Waals surface area contributed by atoms with Gasteiger partial charge in [-0.15, -0.1) is 0 Å². The number of benzene rings is 1. The molecule has 3 aromatic rings. The molecule has 0 spiro atoms. The molecule has 0 radical (unpaired) electrons. The summed E-state index contributed by atoms with van der Waals surface area (Å²) in [6, 6.07) is 11.1. The first-order valence-corrected chi connectivity index (χ1v) is 9.75. The minimum atomic E-state index is -3.60. The summed E-state index contributed by atoms with van der Waals surface area (Å²) in [6.07, 6.45) is 2.58. The fourth-order valence-corrected chi connectivity index (χ4v) is 3.33. The molecule has 1 aromatic carbocycles. The summed E-state index contributed by atoms with van der Waals surface area (Å²) >= 11 is 0. The van der Waals surface area contributed by atoms with Gasteiger partial charge in [-0.25, -0.2) is 18.2 Å². The molecule has 10 heteroatoms. The number of hydrogen-bond donors (Lipinski definition) is 3. The SMILES string of the molecule is CS(=O)(=O)c1nc(C(=O)NCc2ccc(NC(N)=O)cc2)c2ccccn12. The van der Waals surface area contributed by atoms with Crippen LogP contribution in [0.5, 0.6) is 0 Å². The number of amides is 3. The molecule has 0 atom stereocenters. The molecular weight excluding hydrogens is 370 g/mol. The highest BCUT2D eigenvalue weighted by atomic mass is 32.2. The molecule has 0 aliphatic rings. The zero-order valence-corrected chi connectivity index (χ0v) is 15.2. The Bertz CT molecular complexity index is 1120. The third-order valence-corrected chi connectivity index (χ3v) is 4.69. The van der Waals surface area contributed by atoms with Crippen LogP contribution in [0.25, 0.3) is 5.52 Å². The molecule has 0 unspecified atom stereocenters. The number of carbonyl (C=O) groups is 2. The molecule has 0 fully saturated rings. The van der Waals surface area contributed by atoms with Crippen LogP contribution in [-0.4, -0.2) is 36.0 Å². The first kappa shape index (κ1) is 18.4. The van der Waals surface area contributed by atoms with Crippen molar-refractivity contribution >= 4 is 33.0 Å². The lowest BCUT2D eigenvalue weighted by molar-refractivity contribution is 0.0947. The lowest BCUT2D eigenvalue weighted by atomic mass is 10.2. The zero-order valence-electron chi connectivity index (χ0n) is 14.3. The van der Waals surface area contributed by atoms with Crippen LogP contribution in [0.1, 0.15) is 16.1 Å². The third-order valence-electron chi connectivity index (χ3n) is 3.74. The Morgan fingerprint density at radius 1 is 1.15 bits per heavy atom. The lowest BCUT2D eigenvalue weighted by Crippen LogP contribution is -2.23. The number of sulfone groups is 1. The molecule has 2 heterocycles. The average Bonchev–Trinajstić information content (AvgIpc) is 3.00. The Morgan fingerprint density at radius 2 is 1.85 bits per heavy atom. The van der Waals surface area contributed by atoms with Gasteiger partial charge >= 0.3 is 6.03 Å². The number of nitrogens with one attached hydrogen (secondary N) is 2. The summed E-state index contributed by atoms with van der Waals surface area (Å²) in [5, 5.41) is 4.96. The number of carbonyl (C=O) groups excluding carboxylic acids is 2. The first-order chi connectivity index (χ1) is 12.8. The van der Waals surface area contributed by atoms with E-state index >= 15 is 0 Å². The van der Waals surface area contributed by atoms with E-state index in [2.05, 4.69) is 15.6 Å². The molecular formula is C17H17N5O4S. The number of primary amides is 1. The highest BCUT2D eigenvalue weighted by Crippen LogP contribution is 2.17. The molecule has 9 nitrogen and oxygen atoms in total. The molecule has 27 heavy (non-hydrogen) atoms. The Morgan fingerprint density at radius 3 is 2.48 bits per heavy atom. The van der Waals surface area contributed by atoms with Gasteiger partial charge in [-0.05, 0) is 29.8 Å². The van der Waals surface area contributed by atoms with E-state index in [0.717, 1.165) is 11.8 Å². The van der Waals surface area contributed by atoms with E-state index in [0.29, 0.717) is 11.2 Å². The Balaban J connectivity index is 1.80. The van der Waals surface area contributed by atoms with E-state index in [4.69, 9.17) is 5.73 Å². The number of pyridine rings is 1. The van der Waals surface area contributed by atoms with E-state index in [1.165, 1.54) is 4.40 Å². The smallest absolute Gasteiger partial charge is 0.316 e. The molecule has 0 aliphatic heterocycles. The van der Waals surface area contributed by atoms with Crippen molar-refractivity contribution in [2.24, 2.45) is 5.73 Å². The minimum absolute atomic E-state index is 0.0306. The van der Waals surface area contributed by atoms with Gasteiger partial charge in [-0.2, -0.15) is 0 Å². The van der Waals surface area contributed by atoms with Crippen LogP contribution < -0.4 is 16.4 Å². The van der Waals surface area contributed by atoms with Crippen molar-refractivity contribution in [2.45, 2.75) is 11.7 Å². The monoisotopic (exact) mass is 387 g/mol. The van der Waals surface area contributed by atoms with Crippen LogP contribution in [0.3, 0.4) is 0 Å². The summed E-state index contributed by atoms with van der Waals surface area (Å²) in [7, 11) is -3.60. The van der Waals surface area contributed by atoms with Crippen molar-refractivity contribution in [3.05, 3.63) is 59.9 Å². The molecule has 4 N–H and O–H groups in total. The van der Waals surface area contributed by atoms with Gasteiger partial charge in [0.2, 0.25) is 15.0 Å². The van der Waals surface area contributed by atoms with E-state index < -0.39 is 21.8 Å². The van der Waals surface area contributed by atoms with E-state index in [9.17, 15) is 18.0 Å². The number of rotatable bonds is 5. The van der Waals surface area contributed by atoms with Crippen molar-refractivity contribution in [2.75, 3.05) is 11.6 Å². The number of nitrogens with two attached hydrogens (primary N) is 1. The van der Waals surface area contributed by atoms with Gasteiger partial charge < -0.3 is 16.4 Å². The van der Waals surface area contributed by atoms with Crippen molar-refractivity contribution in [3.63, 3.8) is 0 Å². The Hall–Kier alpha value is -3.40. The van der Waals surface area contributed by atoms with Crippen LogP contribution in [0.15, 0.2) is 53.8 Å².